The van der Waals surface area contributed by atoms with Crippen LogP contribution in [-0.4, -0.2) is 35.8 Å². The van der Waals surface area contributed by atoms with Crippen LogP contribution in [0.4, 0.5) is 0 Å². The Morgan fingerprint density at radius 1 is 0.378 bits per heavy atom. The van der Waals surface area contributed by atoms with Crippen molar-refractivity contribution in [3.63, 3.8) is 0 Å². The maximum atomic E-state index is 10.2. The maximum absolute atomic E-state index is 10.2. The van der Waals surface area contributed by atoms with Gasteiger partial charge >= 0.3 is 23.9 Å². The number of aliphatic carboxylic acids is 2. The molecule has 0 saturated carbocycles. The van der Waals surface area contributed by atoms with E-state index in [1.165, 1.54) is 173 Å². The predicted molar refractivity (Wildman–Crippen MR) is 197 cm³/mol. The van der Waals surface area contributed by atoms with E-state index in [0.29, 0.717) is 0 Å². The second-order valence-corrected chi connectivity index (χ2v) is 13.0. The summed E-state index contributed by atoms with van der Waals surface area (Å²) in [7, 11) is 0. The number of rotatable bonds is 33. The first-order valence-electron chi connectivity index (χ1n) is 19.6. The van der Waals surface area contributed by atoms with Crippen molar-refractivity contribution in [2.75, 3.05) is 0 Å². The first kappa shape index (κ1) is 51.6. The second kappa shape index (κ2) is 50.6. The number of unbranched alkanes of at least 4 members (excludes halogenated alkanes) is 29. The third-order valence-corrected chi connectivity index (χ3v) is 8.32. The van der Waals surface area contributed by atoms with Gasteiger partial charge in [-0.05, 0) is 25.7 Å². The standard InChI is InChI=1S/2C16H32O2.C8H17.Sn.H2/c2*1-2-3-4-5-6-7-8-9-10-11-12-13-14-15-16(17)18;1-3-5-7-8-6-4-2;;/h2*2-15H2,1H3,(H,17,18);1,3-8H2,2H3;;1H/q;;;+2;/p-2. The van der Waals surface area contributed by atoms with Gasteiger partial charge in [0.2, 0.25) is 0 Å². The summed E-state index contributed by atoms with van der Waals surface area (Å²) >= 11 is 0. The molecule has 0 aromatic heterocycles. The van der Waals surface area contributed by atoms with Crippen molar-refractivity contribution in [3.05, 3.63) is 6.92 Å². The van der Waals surface area contributed by atoms with Gasteiger partial charge in [0, 0.05) is 13.4 Å². The molecule has 0 unspecified atom stereocenters. The molecule has 0 aliphatic rings. The fraction of sp³-hybridized carbons (Fsp3) is 0.925. The average molecular weight is 745 g/mol. The quantitative estimate of drug-likeness (QED) is 0.0495. The van der Waals surface area contributed by atoms with Crippen LogP contribution in [-0.2, 0) is 9.59 Å². The van der Waals surface area contributed by atoms with Crippen molar-refractivity contribution in [2.45, 2.75) is 239 Å². The molecule has 0 saturated heterocycles. The number of hydrogen-bond acceptors (Lipinski definition) is 4. The Hall–Kier alpha value is -0.261. The molecule has 0 aromatic rings. The van der Waals surface area contributed by atoms with Gasteiger partial charge in [-0.15, -0.1) is 0 Å². The van der Waals surface area contributed by atoms with Gasteiger partial charge in [-0.1, -0.05) is 220 Å². The van der Waals surface area contributed by atoms with E-state index in [9.17, 15) is 19.8 Å². The van der Waals surface area contributed by atoms with E-state index in [4.69, 9.17) is 0 Å². The zero-order chi connectivity index (χ0) is 33.2. The van der Waals surface area contributed by atoms with Gasteiger partial charge in [0.15, 0.2) is 0 Å². The van der Waals surface area contributed by atoms with Crippen LogP contribution in [0.1, 0.15) is 241 Å². The molecular formula is C40H81O4Sn. The number of carbonyl (C=O) groups is 2. The minimum absolute atomic E-state index is 0. The molecule has 3 radical (unpaired) electrons. The van der Waals surface area contributed by atoms with E-state index in [0.717, 1.165) is 32.1 Å². The van der Waals surface area contributed by atoms with Crippen molar-refractivity contribution in [2.24, 2.45) is 0 Å². The Labute approximate surface area is 301 Å². The Bertz CT molecular complexity index is 487. The van der Waals surface area contributed by atoms with Gasteiger partial charge in [0.1, 0.15) is 0 Å². The smallest absolute Gasteiger partial charge is 0.550 e. The molecule has 0 bridgehead atoms. The van der Waals surface area contributed by atoms with Crippen molar-refractivity contribution in [1.29, 1.82) is 0 Å². The molecule has 0 rings (SSSR count). The monoisotopic (exact) mass is 746 g/mol. The van der Waals surface area contributed by atoms with E-state index >= 15 is 0 Å². The number of carboxylic acid groups (broad SMARTS) is 2. The maximum Gasteiger partial charge on any atom is 2.00 e. The second-order valence-electron chi connectivity index (χ2n) is 13.0. The third-order valence-electron chi connectivity index (χ3n) is 8.32. The summed E-state index contributed by atoms with van der Waals surface area (Å²) in [6.07, 6.45) is 41.8. The SMILES string of the molecule is CCCCCCCCCCCCCCCC(=O)[O-].CCCCCCCCCCCCCCCC(=O)[O-].[CH2]CCCCCCC.[HH].[Sn+2]. The summed E-state index contributed by atoms with van der Waals surface area (Å²) in [5.41, 5.74) is 0. The predicted octanol–water partition coefficient (Wildman–Crippen LogP) is 11.5. The van der Waals surface area contributed by atoms with Crippen molar-refractivity contribution in [3.8, 4) is 0 Å². The molecule has 0 fully saturated rings. The van der Waals surface area contributed by atoms with E-state index in [-0.39, 0.29) is 38.2 Å². The van der Waals surface area contributed by atoms with Gasteiger partial charge in [-0.3, -0.25) is 0 Å². The zero-order valence-corrected chi connectivity index (χ0v) is 33.7. The van der Waals surface area contributed by atoms with Crippen LogP contribution in [0.3, 0.4) is 0 Å². The fourth-order valence-corrected chi connectivity index (χ4v) is 5.35. The number of carbonyl (C=O) groups excluding carboxylic acids is 2. The summed E-state index contributed by atoms with van der Waals surface area (Å²) in [4.78, 5) is 20.4. The molecule has 0 amide bonds. The van der Waals surface area contributed by atoms with Gasteiger partial charge in [0.05, 0.1) is 0 Å². The molecule has 0 N–H and O–H groups in total. The molecular weight excluding hydrogens is 663 g/mol. The summed E-state index contributed by atoms with van der Waals surface area (Å²) in [6.45, 7) is 10.5. The molecule has 4 nitrogen and oxygen atoms in total. The number of carboxylic acids is 2. The summed E-state index contributed by atoms with van der Waals surface area (Å²) in [5.74, 6) is -1.81. The third kappa shape index (κ3) is 63.1. The Kier molecular flexibility index (Phi) is 58.0. The summed E-state index contributed by atoms with van der Waals surface area (Å²) < 4.78 is 0. The first-order chi connectivity index (χ1) is 21.5. The van der Waals surface area contributed by atoms with Crippen LogP contribution in [0.25, 0.3) is 0 Å². The normalized spacial score (nSPS) is 10.3. The minimum atomic E-state index is -0.905. The van der Waals surface area contributed by atoms with Crippen LogP contribution >= 0.6 is 0 Å². The molecule has 0 spiro atoms. The molecule has 269 valence electrons. The van der Waals surface area contributed by atoms with Gasteiger partial charge in [0.25, 0.3) is 0 Å². The molecule has 5 heteroatoms. The van der Waals surface area contributed by atoms with E-state index in [1.807, 2.05) is 0 Å². The van der Waals surface area contributed by atoms with E-state index in [2.05, 4.69) is 27.7 Å². The van der Waals surface area contributed by atoms with Crippen molar-refractivity contribution >= 4 is 35.8 Å². The Morgan fingerprint density at radius 2 is 0.556 bits per heavy atom. The average Bonchev–Trinajstić information content (AvgIpc) is 3.00. The molecule has 0 aliphatic heterocycles. The van der Waals surface area contributed by atoms with Crippen molar-refractivity contribution in [1.82, 2.24) is 0 Å². The molecule has 0 atom stereocenters. The topological polar surface area (TPSA) is 80.3 Å². The first-order valence-corrected chi connectivity index (χ1v) is 19.6. The van der Waals surface area contributed by atoms with Crippen LogP contribution in [0, 0.1) is 6.92 Å². The van der Waals surface area contributed by atoms with Gasteiger partial charge in [-0.2, -0.15) is 0 Å². The zero-order valence-electron chi connectivity index (χ0n) is 30.9. The van der Waals surface area contributed by atoms with Gasteiger partial charge in [-0.25, -0.2) is 0 Å². The minimum Gasteiger partial charge on any atom is -0.550 e. The van der Waals surface area contributed by atoms with Crippen LogP contribution in [0.15, 0.2) is 0 Å². The molecule has 45 heavy (non-hydrogen) atoms. The molecule has 0 aliphatic carbocycles. The van der Waals surface area contributed by atoms with Crippen LogP contribution in [0.2, 0.25) is 0 Å². The van der Waals surface area contributed by atoms with E-state index in [1.54, 1.807) is 0 Å². The van der Waals surface area contributed by atoms with Crippen LogP contribution in [0.5, 0.6) is 0 Å². The summed E-state index contributed by atoms with van der Waals surface area (Å²) in [5, 5.41) is 20.4. The largest absolute Gasteiger partial charge is 2.00 e. The number of hydrogen-bond donors (Lipinski definition) is 0. The van der Waals surface area contributed by atoms with Crippen LogP contribution < -0.4 is 10.2 Å². The Morgan fingerprint density at radius 3 is 0.733 bits per heavy atom. The van der Waals surface area contributed by atoms with Gasteiger partial charge < -0.3 is 19.8 Å². The fourth-order valence-electron chi connectivity index (χ4n) is 5.35. The molecule has 0 aromatic carbocycles. The van der Waals surface area contributed by atoms with E-state index < -0.39 is 11.9 Å². The Balaban J connectivity index is -0.000000191. The summed E-state index contributed by atoms with van der Waals surface area (Å²) in [6, 6.07) is 0. The molecule has 0 heterocycles. The van der Waals surface area contributed by atoms with Crippen molar-refractivity contribution < 1.29 is 21.2 Å².